The van der Waals surface area contributed by atoms with Crippen molar-refractivity contribution in [2.24, 2.45) is 10.4 Å². The number of aromatic nitrogens is 1. The highest BCUT2D eigenvalue weighted by atomic mass is 16.5. The van der Waals surface area contributed by atoms with E-state index in [-0.39, 0.29) is 0 Å². The molecule has 1 N–H and O–H groups in total. The quantitative estimate of drug-likeness (QED) is 0.664. The molecule has 2 saturated heterocycles. The van der Waals surface area contributed by atoms with Gasteiger partial charge in [0.15, 0.2) is 5.96 Å². The summed E-state index contributed by atoms with van der Waals surface area (Å²) in [6.45, 7) is 6.73. The van der Waals surface area contributed by atoms with Crippen LogP contribution >= 0.6 is 0 Å². The van der Waals surface area contributed by atoms with E-state index in [2.05, 4.69) is 39.2 Å². The van der Waals surface area contributed by atoms with E-state index in [4.69, 9.17) is 9.15 Å². The Bertz CT molecular complexity index is 791. The smallest absolute Gasteiger partial charge is 0.226 e. The second-order valence-corrected chi connectivity index (χ2v) is 7.71. The zero-order valence-electron chi connectivity index (χ0n) is 16.2. The molecule has 6 heteroatoms. The predicted octanol–water partition coefficient (Wildman–Crippen LogP) is 2.88. The summed E-state index contributed by atoms with van der Waals surface area (Å²) in [6.07, 6.45) is 4.91. The molecule has 0 saturated carbocycles. The van der Waals surface area contributed by atoms with Gasteiger partial charge in [0, 0.05) is 50.7 Å². The average molecular weight is 368 g/mol. The molecule has 1 aromatic heterocycles. The molecule has 2 aliphatic heterocycles. The monoisotopic (exact) mass is 368 g/mol. The van der Waals surface area contributed by atoms with Crippen molar-refractivity contribution in [3.05, 3.63) is 41.8 Å². The van der Waals surface area contributed by atoms with Crippen LogP contribution in [0.15, 0.2) is 39.9 Å². The fraction of sp³-hybridized carbons (Fsp3) is 0.524. The van der Waals surface area contributed by atoms with Crippen LogP contribution in [0.3, 0.4) is 0 Å². The van der Waals surface area contributed by atoms with Crippen molar-refractivity contribution in [1.82, 2.24) is 15.2 Å². The van der Waals surface area contributed by atoms with E-state index in [1.807, 2.05) is 19.2 Å². The topological polar surface area (TPSA) is 62.9 Å². The number of nitrogens with zero attached hydrogens (tertiary/aromatic N) is 3. The van der Waals surface area contributed by atoms with E-state index in [1.54, 1.807) is 6.26 Å². The fourth-order valence-electron chi connectivity index (χ4n) is 3.97. The molecule has 6 nitrogen and oxygen atoms in total. The lowest BCUT2D eigenvalue weighted by Crippen LogP contribution is -2.42. The van der Waals surface area contributed by atoms with Crippen molar-refractivity contribution in [3.8, 4) is 11.5 Å². The SMILES string of the molecule is CN=C(NCCc1coc(-c2ccc(C)cc2)n1)N1CCC2(CCOC2)C1. The zero-order valence-corrected chi connectivity index (χ0v) is 16.2. The van der Waals surface area contributed by atoms with Crippen LogP contribution < -0.4 is 5.32 Å². The first kappa shape index (κ1) is 18.0. The Morgan fingerprint density at radius 1 is 1.30 bits per heavy atom. The van der Waals surface area contributed by atoms with Gasteiger partial charge < -0.3 is 19.4 Å². The van der Waals surface area contributed by atoms with Crippen LogP contribution in [0.5, 0.6) is 0 Å². The van der Waals surface area contributed by atoms with Gasteiger partial charge >= 0.3 is 0 Å². The Morgan fingerprint density at radius 3 is 2.89 bits per heavy atom. The molecule has 1 spiro atoms. The maximum absolute atomic E-state index is 5.64. The number of guanidine groups is 1. The predicted molar refractivity (Wildman–Crippen MR) is 106 cm³/mol. The molecule has 3 heterocycles. The lowest BCUT2D eigenvalue weighted by molar-refractivity contribution is 0.156. The highest BCUT2D eigenvalue weighted by Crippen LogP contribution is 2.38. The maximum atomic E-state index is 5.64. The van der Waals surface area contributed by atoms with Gasteiger partial charge in [-0.25, -0.2) is 4.98 Å². The van der Waals surface area contributed by atoms with E-state index in [0.29, 0.717) is 11.3 Å². The molecular weight excluding hydrogens is 340 g/mol. The number of hydrogen-bond acceptors (Lipinski definition) is 4. The molecule has 4 rings (SSSR count). The standard InChI is InChI=1S/C21H28N4O2/c1-16-3-5-17(6-4-16)19-24-18(13-27-19)7-10-23-20(22-2)25-11-8-21(14-25)9-12-26-15-21/h3-6,13H,7-12,14-15H2,1-2H3,(H,22,23). The molecular formula is C21H28N4O2. The molecule has 27 heavy (non-hydrogen) atoms. The average Bonchev–Trinajstić information content (AvgIpc) is 3.42. The van der Waals surface area contributed by atoms with Gasteiger partial charge in [0.05, 0.1) is 12.3 Å². The van der Waals surface area contributed by atoms with Crippen molar-refractivity contribution in [3.63, 3.8) is 0 Å². The second-order valence-electron chi connectivity index (χ2n) is 7.71. The molecule has 0 amide bonds. The molecule has 0 radical (unpaired) electrons. The van der Waals surface area contributed by atoms with Crippen molar-refractivity contribution < 1.29 is 9.15 Å². The molecule has 1 unspecified atom stereocenters. The van der Waals surface area contributed by atoms with Gasteiger partial charge in [-0.3, -0.25) is 4.99 Å². The van der Waals surface area contributed by atoms with Gasteiger partial charge in [0.25, 0.3) is 0 Å². The highest BCUT2D eigenvalue weighted by molar-refractivity contribution is 5.80. The summed E-state index contributed by atoms with van der Waals surface area (Å²) >= 11 is 0. The molecule has 144 valence electrons. The Morgan fingerprint density at radius 2 is 2.15 bits per heavy atom. The number of aliphatic imine (C=N–C) groups is 1. The van der Waals surface area contributed by atoms with Gasteiger partial charge in [-0.15, -0.1) is 0 Å². The van der Waals surface area contributed by atoms with Crippen LogP contribution in [0.4, 0.5) is 0 Å². The Balaban J connectivity index is 1.29. The molecule has 2 fully saturated rings. The minimum atomic E-state index is 0.340. The minimum absolute atomic E-state index is 0.340. The molecule has 0 bridgehead atoms. The van der Waals surface area contributed by atoms with Crippen molar-refractivity contribution in [1.29, 1.82) is 0 Å². The molecule has 1 aromatic carbocycles. The van der Waals surface area contributed by atoms with Crippen LogP contribution in [0.25, 0.3) is 11.5 Å². The third-order valence-electron chi connectivity index (χ3n) is 5.65. The number of ether oxygens (including phenoxy) is 1. The summed E-state index contributed by atoms with van der Waals surface area (Å²) in [4.78, 5) is 11.4. The zero-order chi connectivity index (χ0) is 18.7. The number of aryl methyl sites for hydroxylation is 1. The number of nitrogens with one attached hydrogen (secondary N) is 1. The van der Waals surface area contributed by atoms with Crippen molar-refractivity contribution >= 4 is 5.96 Å². The van der Waals surface area contributed by atoms with Crippen LogP contribution in [0.2, 0.25) is 0 Å². The largest absolute Gasteiger partial charge is 0.444 e. The third kappa shape index (κ3) is 4.00. The first-order chi connectivity index (χ1) is 13.2. The van der Waals surface area contributed by atoms with E-state index in [1.165, 1.54) is 18.4 Å². The Kier molecular flexibility index (Phi) is 5.16. The number of rotatable bonds is 4. The van der Waals surface area contributed by atoms with Crippen molar-refractivity contribution in [2.75, 3.05) is 39.9 Å². The fourth-order valence-corrected chi connectivity index (χ4v) is 3.97. The van der Waals surface area contributed by atoms with Crippen LogP contribution in [0, 0.1) is 12.3 Å². The summed E-state index contributed by atoms with van der Waals surface area (Å²) in [5, 5.41) is 3.48. The Hall–Kier alpha value is -2.34. The van der Waals surface area contributed by atoms with Gasteiger partial charge in [0.2, 0.25) is 5.89 Å². The molecule has 1 atom stereocenters. The van der Waals surface area contributed by atoms with Gasteiger partial charge in [-0.1, -0.05) is 17.7 Å². The molecule has 2 aliphatic rings. The first-order valence-electron chi connectivity index (χ1n) is 9.72. The third-order valence-corrected chi connectivity index (χ3v) is 5.65. The van der Waals surface area contributed by atoms with Crippen molar-refractivity contribution in [2.45, 2.75) is 26.2 Å². The molecule has 2 aromatic rings. The highest BCUT2D eigenvalue weighted by Gasteiger charge is 2.42. The normalized spacial score (nSPS) is 22.7. The maximum Gasteiger partial charge on any atom is 0.226 e. The lowest BCUT2D eigenvalue weighted by atomic mass is 9.87. The second kappa shape index (κ2) is 7.72. The molecule has 0 aliphatic carbocycles. The van der Waals surface area contributed by atoms with E-state index in [0.717, 1.165) is 56.5 Å². The minimum Gasteiger partial charge on any atom is -0.444 e. The number of hydrogen-bond donors (Lipinski definition) is 1. The summed E-state index contributed by atoms with van der Waals surface area (Å²) in [6, 6.07) is 8.23. The summed E-state index contributed by atoms with van der Waals surface area (Å²) in [5.74, 6) is 1.65. The van der Waals surface area contributed by atoms with E-state index >= 15 is 0 Å². The van der Waals surface area contributed by atoms with Gasteiger partial charge in [-0.2, -0.15) is 0 Å². The summed E-state index contributed by atoms with van der Waals surface area (Å²) < 4.78 is 11.3. The van der Waals surface area contributed by atoms with Gasteiger partial charge in [0.1, 0.15) is 6.26 Å². The lowest BCUT2D eigenvalue weighted by Gasteiger charge is -2.24. The van der Waals surface area contributed by atoms with E-state index < -0.39 is 0 Å². The van der Waals surface area contributed by atoms with Gasteiger partial charge in [-0.05, 0) is 31.9 Å². The van der Waals surface area contributed by atoms with Crippen LogP contribution in [-0.4, -0.2) is 55.7 Å². The number of benzene rings is 1. The van der Waals surface area contributed by atoms with Crippen LogP contribution in [-0.2, 0) is 11.2 Å². The number of likely N-dealkylation sites (tertiary alicyclic amines) is 1. The number of oxazole rings is 1. The van der Waals surface area contributed by atoms with Crippen LogP contribution in [0.1, 0.15) is 24.1 Å². The Labute approximate surface area is 160 Å². The first-order valence-corrected chi connectivity index (χ1v) is 9.72. The summed E-state index contributed by atoms with van der Waals surface area (Å²) in [7, 11) is 1.85. The van der Waals surface area contributed by atoms with E-state index in [9.17, 15) is 0 Å². The summed E-state index contributed by atoms with van der Waals surface area (Å²) in [5.41, 5.74) is 3.54.